The maximum absolute atomic E-state index is 13.2. The number of rotatable bonds is 5. The molecule has 150 valence electrons. The van der Waals surface area contributed by atoms with Gasteiger partial charge in [0, 0.05) is 31.9 Å². The zero-order chi connectivity index (χ0) is 19.7. The number of likely N-dealkylation sites (N-methyl/N-ethyl adjacent to an activating group) is 1. The minimum atomic E-state index is -0.161. The van der Waals surface area contributed by atoms with E-state index in [1.54, 1.807) is 4.68 Å². The molecule has 3 heterocycles. The van der Waals surface area contributed by atoms with E-state index >= 15 is 0 Å². The van der Waals surface area contributed by atoms with Crippen molar-refractivity contribution in [1.82, 2.24) is 19.6 Å². The lowest BCUT2D eigenvalue weighted by molar-refractivity contribution is -0.147. The number of carbonyl (C=O) groups is 1. The Bertz CT molecular complexity index is 850. The van der Waals surface area contributed by atoms with Gasteiger partial charge < -0.3 is 24.0 Å². The van der Waals surface area contributed by atoms with Gasteiger partial charge in [-0.2, -0.15) is 5.10 Å². The van der Waals surface area contributed by atoms with Gasteiger partial charge in [-0.15, -0.1) is 0 Å². The molecular weight excluding hydrogens is 360 g/mol. The molecule has 8 nitrogen and oxygen atoms in total. The van der Waals surface area contributed by atoms with Crippen LogP contribution < -0.4 is 9.47 Å². The van der Waals surface area contributed by atoms with Crippen molar-refractivity contribution >= 4 is 5.91 Å². The zero-order valence-corrected chi connectivity index (χ0v) is 16.5. The second kappa shape index (κ2) is 7.81. The predicted molar refractivity (Wildman–Crippen MR) is 102 cm³/mol. The van der Waals surface area contributed by atoms with Crippen molar-refractivity contribution in [3.63, 3.8) is 0 Å². The van der Waals surface area contributed by atoms with Gasteiger partial charge in [-0.05, 0) is 31.8 Å². The Kier molecular flexibility index (Phi) is 5.23. The first kappa shape index (κ1) is 18.8. The SMILES string of the molecule is CN(C)C[C@@H]1OCCN(C(=O)Cc2ccc3c(c2)OCO3)[C@H]1c1cnn(C)c1. The Morgan fingerprint density at radius 3 is 2.86 bits per heavy atom. The van der Waals surface area contributed by atoms with Gasteiger partial charge in [0.15, 0.2) is 11.5 Å². The molecule has 1 saturated heterocycles. The van der Waals surface area contributed by atoms with Gasteiger partial charge in [-0.25, -0.2) is 0 Å². The average Bonchev–Trinajstić information content (AvgIpc) is 3.29. The van der Waals surface area contributed by atoms with Gasteiger partial charge in [-0.3, -0.25) is 9.48 Å². The van der Waals surface area contributed by atoms with Crippen LogP contribution in [0.25, 0.3) is 0 Å². The minimum Gasteiger partial charge on any atom is -0.454 e. The molecule has 1 amide bonds. The lowest BCUT2D eigenvalue weighted by atomic mass is 9.99. The number of aromatic nitrogens is 2. The van der Waals surface area contributed by atoms with Crippen molar-refractivity contribution in [2.45, 2.75) is 18.6 Å². The number of benzene rings is 1. The van der Waals surface area contributed by atoms with Gasteiger partial charge >= 0.3 is 0 Å². The molecule has 0 radical (unpaired) electrons. The van der Waals surface area contributed by atoms with Crippen molar-refractivity contribution < 1.29 is 19.0 Å². The Balaban J connectivity index is 1.57. The number of carbonyl (C=O) groups excluding carboxylic acids is 1. The quantitative estimate of drug-likeness (QED) is 0.770. The summed E-state index contributed by atoms with van der Waals surface area (Å²) < 4.78 is 18.6. The van der Waals surface area contributed by atoms with Crippen LogP contribution in [0.4, 0.5) is 0 Å². The summed E-state index contributed by atoms with van der Waals surface area (Å²) in [6, 6.07) is 5.50. The van der Waals surface area contributed by atoms with Crippen LogP contribution in [0.15, 0.2) is 30.6 Å². The molecule has 1 fully saturated rings. The van der Waals surface area contributed by atoms with Crippen molar-refractivity contribution in [2.75, 3.05) is 40.6 Å². The van der Waals surface area contributed by atoms with E-state index < -0.39 is 0 Å². The van der Waals surface area contributed by atoms with E-state index in [2.05, 4.69) is 10.00 Å². The molecule has 0 spiro atoms. The molecule has 2 atom stereocenters. The summed E-state index contributed by atoms with van der Waals surface area (Å²) in [6.45, 7) is 2.05. The van der Waals surface area contributed by atoms with Crippen molar-refractivity contribution in [1.29, 1.82) is 0 Å². The normalized spacial score (nSPS) is 21.4. The smallest absolute Gasteiger partial charge is 0.231 e. The fourth-order valence-corrected chi connectivity index (χ4v) is 3.84. The van der Waals surface area contributed by atoms with Crippen LogP contribution in [0.5, 0.6) is 11.5 Å². The molecule has 0 unspecified atom stereocenters. The molecule has 0 saturated carbocycles. The predicted octanol–water partition coefficient (Wildman–Crippen LogP) is 1.22. The number of hydrogen-bond donors (Lipinski definition) is 0. The van der Waals surface area contributed by atoms with Gasteiger partial charge in [0.1, 0.15) is 0 Å². The van der Waals surface area contributed by atoms with E-state index in [0.29, 0.717) is 25.3 Å². The van der Waals surface area contributed by atoms with Crippen LogP contribution in [-0.4, -0.2) is 72.2 Å². The monoisotopic (exact) mass is 386 g/mol. The average molecular weight is 386 g/mol. The first-order valence-corrected chi connectivity index (χ1v) is 9.44. The first-order chi connectivity index (χ1) is 13.5. The summed E-state index contributed by atoms with van der Waals surface area (Å²) in [5.74, 6) is 1.49. The Labute approximate surface area is 164 Å². The molecule has 0 N–H and O–H groups in total. The van der Waals surface area contributed by atoms with Gasteiger partial charge in [-0.1, -0.05) is 6.07 Å². The zero-order valence-electron chi connectivity index (χ0n) is 16.5. The first-order valence-electron chi connectivity index (χ1n) is 9.44. The van der Waals surface area contributed by atoms with E-state index in [-0.39, 0.29) is 24.8 Å². The summed E-state index contributed by atoms with van der Waals surface area (Å²) in [5, 5.41) is 4.30. The maximum Gasteiger partial charge on any atom is 0.231 e. The van der Waals surface area contributed by atoms with Crippen molar-refractivity contribution in [3.05, 3.63) is 41.7 Å². The fraction of sp³-hybridized carbons (Fsp3) is 0.500. The van der Waals surface area contributed by atoms with Crippen LogP contribution in [0, 0.1) is 0 Å². The molecule has 2 aliphatic rings. The number of ether oxygens (including phenoxy) is 3. The van der Waals surface area contributed by atoms with Crippen LogP contribution in [-0.2, 0) is 23.0 Å². The molecule has 1 aromatic carbocycles. The summed E-state index contributed by atoms with van der Waals surface area (Å²) in [6.07, 6.45) is 3.99. The number of fused-ring (bicyclic) bond motifs is 1. The lowest BCUT2D eigenvalue weighted by Crippen LogP contribution is -2.51. The lowest BCUT2D eigenvalue weighted by Gasteiger charge is -2.42. The van der Waals surface area contributed by atoms with E-state index in [4.69, 9.17) is 14.2 Å². The third-order valence-electron chi connectivity index (χ3n) is 5.08. The standard InChI is InChI=1S/C20H26N4O4/c1-22(2)12-18-20(15-10-21-23(3)11-15)24(6-7-26-18)19(25)9-14-4-5-16-17(8-14)28-13-27-16/h4-5,8,10-11,18,20H,6-7,9,12-13H2,1-3H3/t18-,20-/m0/s1. The molecule has 28 heavy (non-hydrogen) atoms. The number of amides is 1. The molecular formula is C20H26N4O4. The van der Waals surface area contributed by atoms with E-state index in [1.165, 1.54) is 0 Å². The largest absolute Gasteiger partial charge is 0.454 e. The Morgan fingerprint density at radius 2 is 2.11 bits per heavy atom. The Hall–Kier alpha value is -2.58. The van der Waals surface area contributed by atoms with E-state index in [0.717, 1.165) is 23.4 Å². The van der Waals surface area contributed by atoms with Crippen LogP contribution in [0.3, 0.4) is 0 Å². The van der Waals surface area contributed by atoms with Gasteiger partial charge in [0.25, 0.3) is 0 Å². The fourth-order valence-electron chi connectivity index (χ4n) is 3.84. The molecule has 0 aliphatic carbocycles. The molecule has 2 aliphatic heterocycles. The number of hydrogen-bond acceptors (Lipinski definition) is 6. The van der Waals surface area contributed by atoms with Gasteiger partial charge in [0.05, 0.1) is 31.4 Å². The summed E-state index contributed by atoms with van der Waals surface area (Å²) in [4.78, 5) is 17.3. The van der Waals surface area contributed by atoms with Crippen LogP contribution in [0.1, 0.15) is 17.2 Å². The van der Waals surface area contributed by atoms with E-state index in [1.807, 2.05) is 56.6 Å². The third-order valence-corrected chi connectivity index (χ3v) is 5.08. The Morgan fingerprint density at radius 1 is 1.29 bits per heavy atom. The second-order valence-corrected chi connectivity index (χ2v) is 7.52. The molecule has 1 aromatic heterocycles. The molecule has 8 heteroatoms. The van der Waals surface area contributed by atoms with E-state index in [9.17, 15) is 4.79 Å². The maximum atomic E-state index is 13.2. The highest BCUT2D eigenvalue weighted by Crippen LogP contribution is 2.34. The second-order valence-electron chi connectivity index (χ2n) is 7.52. The molecule has 2 aromatic rings. The summed E-state index contributed by atoms with van der Waals surface area (Å²) >= 11 is 0. The van der Waals surface area contributed by atoms with Crippen molar-refractivity contribution in [3.8, 4) is 11.5 Å². The van der Waals surface area contributed by atoms with Crippen LogP contribution in [0.2, 0.25) is 0 Å². The van der Waals surface area contributed by atoms with Crippen LogP contribution >= 0.6 is 0 Å². The molecule has 4 rings (SSSR count). The highest BCUT2D eigenvalue weighted by molar-refractivity contribution is 5.79. The number of aryl methyl sites for hydroxylation is 1. The number of morpholine rings is 1. The summed E-state index contributed by atoms with van der Waals surface area (Å²) in [7, 11) is 5.90. The van der Waals surface area contributed by atoms with Gasteiger partial charge in [0.2, 0.25) is 12.7 Å². The third kappa shape index (κ3) is 3.83. The highest BCUT2D eigenvalue weighted by atomic mass is 16.7. The van der Waals surface area contributed by atoms with Crippen molar-refractivity contribution in [2.24, 2.45) is 7.05 Å². The number of nitrogens with zero attached hydrogens (tertiary/aromatic N) is 4. The topological polar surface area (TPSA) is 69.1 Å². The highest BCUT2D eigenvalue weighted by Gasteiger charge is 2.37. The molecule has 0 bridgehead atoms. The minimum absolute atomic E-state index is 0.0692. The summed E-state index contributed by atoms with van der Waals surface area (Å²) in [5.41, 5.74) is 1.91.